The number of aromatic nitrogens is 1. The number of nitrogens with zero attached hydrogens (tertiary/aromatic N) is 2. The molecule has 0 saturated heterocycles. The van der Waals surface area contributed by atoms with E-state index in [4.69, 9.17) is 5.26 Å². The van der Waals surface area contributed by atoms with Crippen LogP contribution in [-0.2, 0) is 0 Å². The van der Waals surface area contributed by atoms with Crippen molar-refractivity contribution in [3.8, 4) is 6.07 Å². The molecule has 0 radical (unpaired) electrons. The van der Waals surface area contributed by atoms with Crippen LogP contribution < -0.4 is 0 Å². The number of pyridine rings is 1. The summed E-state index contributed by atoms with van der Waals surface area (Å²) < 4.78 is 0. The van der Waals surface area contributed by atoms with Crippen LogP contribution in [-0.4, -0.2) is 10.8 Å². The summed E-state index contributed by atoms with van der Waals surface area (Å²) in [5, 5.41) is 8.66. The van der Waals surface area contributed by atoms with Gasteiger partial charge in [-0.1, -0.05) is 24.3 Å². The smallest absolute Gasteiger partial charge is 0.204 e. The third-order valence-electron chi connectivity index (χ3n) is 2.38. The minimum absolute atomic E-state index is 0.139. The lowest BCUT2D eigenvalue weighted by Gasteiger charge is -1.94. The Morgan fingerprint density at radius 3 is 2.56 bits per heavy atom. The number of hydrogen-bond donors (Lipinski definition) is 0. The predicted octanol–water partition coefficient (Wildman–Crippen LogP) is 2.85. The summed E-state index contributed by atoms with van der Waals surface area (Å²) in [6.07, 6.45) is 4.77. The standard InChI is InChI=1S/C15H10N2O/c16-11-13-6-4-12(5-7-13)8-9-15(18)14-3-1-2-10-17-14/h1-10H/b9-8+. The fourth-order valence-electron chi connectivity index (χ4n) is 1.43. The molecule has 1 heterocycles. The van der Waals surface area contributed by atoms with Gasteiger partial charge in [0.25, 0.3) is 0 Å². The summed E-state index contributed by atoms with van der Waals surface area (Å²) in [4.78, 5) is 15.7. The average molecular weight is 234 g/mol. The summed E-state index contributed by atoms with van der Waals surface area (Å²) in [5.41, 5.74) is 1.89. The van der Waals surface area contributed by atoms with Crippen molar-refractivity contribution < 1.29 is 4.79 Å². The molecule has 3 nitrogen and oxygen atoms in total. The zero-order valence-electron chi connectivity index (χ0n) is 9.58. The second-order valence-electron chi connectivity index (χ2n) is 3.65. The highest BCUT2D eigenvalue weighted by atomic mass is 16.1. The summed E-state index contributed by atoms with van der Waals surface area (Å²) >= 11 is 0. The van der Waals surface area contributed by atoms with Crippen molar-refractivity contribution >= 4 is 11.9 Å². The largest absolute Gasteiger partial charge is 0.288 e. The first kappa shape index (κ1) is 11.7. The second kappa shape index (κ2) is 5.55. The molecule has 0 fully saturated rings. The highest BCUT2D eigenvalue weighted by Crippen LogP contribution is 2.06. The quantitative estimate of drug-likeness (QED) is 0.606. The molecule has 18 heavy (non-hydrogen) atoms. The summed E-state index contributed by atoms with van der Waals surface area (Å²) in [7, 11) is 0. The minimum Gasteiger partial charge on any atom is -0.288 e. The molecular weight excluding hydrogens is 224 g/mol. The molecule has 0 N–H and O–H groups in total. The molecule has 0 amide bonds. The highest BCUT2D eigenvalue weighted by Gasteiger charge is 2.00. The van der Waals surface area contributed by atoms with Crippen LogP contribution in [0.25, 0.3) is 6.08 Å². The number of hydrogen-bond acceptors (Lipinski definition) is 3. The Morgan fingerprint density at radius 1 is 1.17 bits per heavy atom. The van der Waals surface area contributed by atoms with Gasteiger partial charge in [0.15, 0.2) is 0 Å². The Bertz CT molecular complexity index is 607. The zero-order chi connectivity index (χ0) is 12.8. The third kappa shape index (κ3) is 2.89. The molecule has 0 unspecified atom stereocenters. The van der Waals surface area contributed by atoms with Gasteiger partial charge in [-0.15, -0.1) is 0 Å². The number of nitriles is 1. The van der Waals surface area contributed by atoms with Crippen LogP contribution in [0.1, 0.15) is 21.6 Å². The van der Waals surface area contributed by atoms with E-state index in [1.807, 2.05) is 6.07 Å². The van der Waals surface area contributed by atoms with Gasteiger partial charge in [-0.25, -0.2) is 0 Å². The van der Waals surface area contributed by atoms with Gasteiger partial charge in [-0.2, -0.15) is 5.26 Å². The van der Waals surface area contributed by atoms with Gasteiger partial charge >= 0.3 is 0 Å². The third-order valence-corrected chi connectivity index (χ3v) is 2.38. The Labute approximate surface area is 105 Å². The van der Waals surface area contributed by atoms with Gasteiger partial charge in [0.05, 0.1) is 11.6 Å². The number of benzene rings is 1. The summed E-state index contributed by atoms with van der Waals surface area (Å²) in [6, 6.07) is 14.3. The van der Waals surface area contributed by atoms with Crippen molar-refractivity contribution in [2.75, 3.05) is 0 Å². The van der Waals surface area contributed by atoms with Crippen LogP contribution in [0.2, 0.25) is 0 Å². The molecule has 0 atom stereocenters. The fraction of sp³-hybridized carbons (Fsp3) is 0. The first-order valence-electron chi connectivity index (χ1n) is 5.43. The van der Waals surface area contributed by atoms with E-state index in [1.54, 1.807) is 54.7 Å². The Morgan fingerprint density at radius 2 is 1.94 bits per heavy atom. The van der Waals surface area contributed by atoms with E-state index in [0.717, 1.165) is 5.56 Å². The van der Waals surface area contributed by atoms with E-state index >= 15 is 0 Å². The maximum Gasteiger partial charge on any atom is 0.204 e. The maximum atomic E-state index is 11.7. The number of allylic oxidation sites excluding steroid dienone is 1. The summed E-state index contributed by atoms with van der Waals surface area (Å²) in [5.74, 6) is -0.139. The van der Waals surface area contributed by atoms with Crippen LogP contribution in [0.5, 0.6) is 0 Å². The molecule has 0 aliphatic carbocycles. The van der Waals surface area contributed by atoms with Gasteiger partial charge in [-0.3, -0.25) is 9.78 Å². The molecule has 0 spiro atoms. The maximum absolute atomic E-state index is 11.7. The van der Waals surface area contributed by atoms with Gasteiger partial charge < -0.3 is 0 Å². The van der Waals surface area contributed by atoms with Gasteiger partial charge in [-0.05, 0) is 35.9 Å². The molecule has 1 aromatic heterocycles. The lowest BCUT2D eigenvalue weighted by atomic mass is 10.1. The Kier molecular flexibility index (Phi) is 3.62. The Hall–Kier alpha value is -2.73. The molecule has 3 heteroatoms. The number of ketones is 1. The van der Waals surface area contributed by atoms with Crippen molar-refractivity contribution in [1.29, 1.82) is 5.26 Å². The summed E-state index contributed by atoms with van der Waals surface area (Å²) in [6.45, 7) is 0. The molecule has 0 aliphatic rings. The van der Waals surface area contributed by atoms with Crippen LogP contribution >= 0.6 is 0 Å². The molecule has 86 valence electrons. The molecule has 2 rings (SSSR count). The zero-order valence-corrected chi connectivity index (χ0v) is 9.58. The second-order valence-corrected chi connectivity index (χ2v) is 3.65. The first-order valence-corrected chi connectivity index (χ1v) is 5.43. The van der Waals surface area contributed by atoms with Gasteiger partial charge in [0, 0.05) is 6.20 Å². The molecule has 0 aliphatic heterocycles. The normalized spacial score (nSPS) is 10.2. The van der Waals surface area contributed by atoms with E-state index in [2.05, 4.69) is 4.98 Å². The van der Waals surface area contributed by atoms with E-state index < -0.39 is 0 Å². The van der Waals surface area contributed by atoms with E-state index in [9.17, 15) is 4.79 Å². The average Bonchev–Trinajstić information content (AvgIpc) is 2.46. The molecule has 1 aromatic carbocycles. The van der Waals surface area contributed by atoms with Crippen LogP contribution in [0.15, 0.2) is 54.7 Å². The SMILES string of the molecule is N#Cc1ccc(/C=C/C(=O)c2ccccn2)cc1. The van der Waals surface area contributed by atoms with Crippen molar-refractivity contribution in [1.82, 2.24) is 4.98 Å². The topological polar surface area (TPSA) is 53.8 Å². The van der Waals surface area contributed by atoms with Crippen molar-refractivity contribution in [3.05, 3.63) is 71.6 Å². The first-order chi connectivity index (χ1) is 8.79. The number of rotatable bonds is 3. The molecule has 0 saturated carbocycles. The number of carbonyl (C=O) groups is 1. The molecule has 2 aromatic rings. The highest BCUT2D eigenvalue weighted by molar-refractivity contribution is 6.05. The number of carbonyl (C=O) groups excluding carboxylic acids is 1. The Balaban J connectivity index is 2.11. The lowest BCUT2D eigenvalue weighted by molar-refractivity contribution is 0.104. The predicted molar refractivity (Wildman–Crippen MR) is 68.8 cm³/mol. The van der Waals surface area contributed by atoms with Crippen molar-refractivity contribution in [2.45, 2.75) is 0 Å². The fourth-order valence-corrected chi connectivity index (χ4v) is 1.43. The van der Waals surface area contributed by atoms with Crippen molar-refractivity contribution in [2.24, 2.45) is 0 Å². The van der Waals surface area contributed by atoms with Crippen LogP contribution in [0.4, 0.5) is 0 Å². The monoisotopic (exact) mass is 234 g/mol. The van der Waals surface area contributed by atoms with E-state index in [1.165, 1.54) is 6.08 Å². The molecule has 0 bridgehead atoms. The van der Waals surface area contributed by atoms with Gasteiger partial charge in [0.1, 0.15) is 5.69 Å². The van der Waals surface area contributed by atoms with Crippen molar-refractivity contribution in [3.63, 3.8) is 0 Å². The molecular formula is C15H10N2O. The lowest BCUT2D eigenvalue weighted by Crippen LogP contribution is -1.96. The van der Waals surface area contributed by atoms with E-state index in [-0.39, 0.29) is 5.78 Å². The van der Waals surface area contributed by atoms with Crippen LogP contribution in [0.3, 0.4) is 0 Å². The van der Waals surface area contributed by atoms with Crippen LogP contribution in [0, 0.1) is 11.3 Å². The van der Waals surface area contributed by atoms with E-state index in [0.29, 0.717) is 11.3 Å². The van der Waals surface area contributed by atoms with Gasteiger partial charge in [0.2, 0.25) is 5.78 Å². The minimum atomic E-state index is -0.139.